The number of ether oxygens (including phenoxy) is 1. The minimum absolute atomic E-state index is 0.0349. The van der Waals surface area contributed by atoms with E-state index in [1.807, 2.05) is 17.0 Å². The average molecular weight is 478 g/mol. The number of esters is 1. The average Bonchev–Trinajstić information content (AvgIpc) is 3.24. The maximum atomic E-state index is 13.6. The Morgan fingerprint density at radius 1 is 1.31 bits per heavy atom. The minimum atomic E-state index is -0.585. The maximum Gasteiger partial charge on any atom is 0.332 e. The van der Waals surface area contributed by atoms with Crippen LogP contribution in [0, 0.1) is 11.3 Å². The normalized spacial score (nSPS) is 16.1. The number of aryl methyl sites for hydroxylation is 1. The van der Waals surface area contributed by atoms with Gasteiger partial charge in [0.25, 0.3) is 5.56 Å². The molecule has 11 heteroatoms. The molecular formula is C24H27N7O4. The Labute approximate surface area is 201 Å². The number of allylic oxidation sites excluding steroid dienone is 1. The number of fused-ring (bicyclic) bond motifs is 1. The topological polar surface area (TPSA) is 141 Å². The quantitative estimate of drug-likeness (QED) is 0.399. The molecule has 1 aliphatic heterocycles. The molecule has 1 aliphatic rings. The Balaban J connectivity index is 1.93. The molecular weight excluding hydrogens is 450 g/mol. The molecule has 1 aromatic carbocycles. The number of piperidine rings is 1. The lowest BCUT2D eigenvalue weighted by Crippen LogP contribution is -2.44. The zero-order valence-electron chi connectivity index (χ0n) is 19.7. The number of benzene rings is 1. The molecule has 3 heterocycles. The maximum absolute atomic E-state index is 13.6. The molecule has 4 rings (SSSR count). The summed E-state index contributed by atoms with van der Waals surface area (Å²) in [6.45, 7) is 1.38. The van der Waals surface area contributed by atoms with Crippen molar-refractivity contribution in [1.82, 2.24) is 18.7 Å². The fourth-order valence-corrected chi connectivity index (χ4v) is 4.36. The van der Waals surface area contributed by atoms with Gasteiger partial charge < -0.3 is 15.4 Å². The summed E-state index contributed by atoms with van der Waals surface area (Å²) in [7, 11) is 2.80. The lowest BCUT2D eigenvalue weighted by Gasteiger charge is -2.32. The number of nitriles is 1. The molecule has 2 N–H and O–H groups in total. The summed E-state index contributed by atoms with van der Waals surface area (Å²) < 4.78 is 8.70. The van der Waals surface area contributed by atoms with Crippen molar-refractivity contribution in [3.8, 4) is 6.07 Å². The predicted molar refractivity (Wildman–Crippen MR) is 130 cm³/mol. The van der Waals surface area contributed by atoms with Crippen LogP contribution in [0.15, 0.2) is 46.0 Å². The van der Waals surface area contributed by atoms with Crippen molar-refractivity contribution in [1.29, 1.82) is 5.26 Å². The van der Waals surface area contributed by atoms with Gasteiger partial charge in [0.15, 0.2) is 11.2 Å². The predicted octanol–water partition coefficient (Wildman–Crippen LogP) is 0.473. The molecule has 1 atom stereocenters. The number of nitrogens with zero attached hydrogens (tertiary/aromatic N) is 6. The number of rotatable bonds is 6. The second kappa shape index (κ2) is 9.99. The second-order valence-electron chi connectivity index (χ2n) is 8.47. The molecule has 0 bridgehead atoms. The molecule has 1 saturated heterocycles. The molecule has 0 radical (unpaired) electrons. The van der Waals surface area contributed by atoms with E-state index in [1.54, 1.807) is 23.7 Å². The van der Waals surface area contributed by atoms with Gasteiger partial charge in [-0.1, -0.05) is 24.3 Å². The van der Waals surface area contributed by atoms with Crippen LogP contribution in [0.25, 0.3) is 11.2 Å². The summed E-state index contributed by atoms with van der Waals surface area (Å²) in [6.07, 6.45) is 4.33. The summed E-state index contributed by atoms with van der Waals surface area (Å²) in [5.74, 6) is -0.0596. The highest BCUT2D eigenvalue weighted by molar-refractivity contribution is 5.81. The van der Waals surface area contributed by atoms with E-state index in [9.17, 15) is 19.6 Å². The first-order valence-corrected chi connectivity index (χ1v) is 11.3. The number of imidazole rings is 1. The third kappa shape index (κ3) is 4.61. The van der Waals surface area contributed by atoms with Gasteiger partial charge in [-0.2, -0.15) is 10.2 Å². The monoisotopic (exact) mass is 477 g/mol. The van der Waals surface area contributed by atoms with E-state index < -0.39 is 17.2 Å². The Morgan fingerprint density at radius 3 is 2.80 bits per heavy atom. The van der Waals surface area contributed by atoms with Gasteiger partial charge in [0.1, 0.15) is 0 Å². The SMILES string of the molecule is COC(=O)C=CCn1c(=O)c2c(nc(N3CCCC(N)C3)n2Cc2ccccc2C#N)n(C)c1=O. The van der Waals surface area contributed by atoms with Gasteiger partial charge in [-0.15, -0.1) is 0 Å². The van der Waals surface area contributed by atoms with E-state index in [1.165, 1.54) is 17.8 Å². The van der Waals surface area contributed by atoms with E-state index >= 15 is 0 Å². The summed E-state index contributed by atoms with van der Waals surface area (Å²) >= 11 is 0. The molecule has 1 fully saturated rings. The third-order valence-corrected chi connectivity index (χ3v) is 6.16. The molecule has 1 unspecified atom stereocenters. The van der Waals surface area contributed by atoms with Gasteiger partial charge in [-0.25, -0.2) is 9.59 Å². The fraction of sp³-hybridized carbons (Fsp3) is 0.375. The third-order valence-electron chi connectivity index (χ3n) is 6.16. The smallest absolute Gasteiger partial charge is 0.332 e. The molecule has 182 valence electrons. The van der Waals surface area contributed by atoms with Gasteiger partial charge in [0.2, 0.25) is 5.95 Å². The molecule has 0 amide bonds. The molecule has 0 spiro atoms. The number of methoxy groups -OCH3 is 1. The first-order chi connectivity index (χ1) is 16.8. The van der Waals surface area contributed by atoms with Crippen LogP contribution < -0.4 is 21.9 Å². The zero-order valence-corrected chi connectivity index (χ0v) is 19.7. The van der Waals surface area contributed by atoms with E-state index in [0.29, 0.717) is 24.6 Å². The van der Waals surface area contributed by atoms with E-state index in [2.05, 4.69) is 10.8 Å². The van der Waals surface area contributed by atoms with Gasteiger partial charge in [0.05, 0.1) is 25.3 Å². The minimum Gasteiger partial charge on any atom is -0.466 e. The summed E-state index contributed by atoms with van der Waals surface area (Å²) in [5, 5.41) is 9.60. The van der Waals surface area contributed by atoms with Gasteiger partial charge >= 0.3 is 11.7 Å². The van der Waals surface area contributed by atoms with E-state index in [-0.39, 0.29) is 30.3 Å². The van der Waals surface area contributed by atoms with Crippen LogP contribution >= 0.6 is 0 Å². The second-order valence-corrected chi connectivity index (χ2v) is 8.47. The van der Waals surface area contributed by atoms with Crippen molar-refractivity contribution >= 4 is 23.1 Å². The Bertz CT molecular complexity index is 1460. The van der Waals surface area contributed by atoms with Crippen LogP contribution in [0.3, 0.4) is 0 Å². The summed E-state index contributed by atoms with van der Waals surface area (Å²) in [4.78, 5) is 44.8. The zero-order chi connectivity index (χ0) is 25.1. The Morgan fingerprint density at radius 2 is 2.09 bits per heavy atom. The molecule has 0 saturated carbocycles. The van der Waals surface area contributed by atoms with Gasteiger partial charge in [-0.05, 0) is 24.5 Å². The van der Waals surface area contributed by atoms with Crippen LogP contribution in [0.5, 0.6) is 0 Å². The highest BCUT2D eigenvalue weighted by Gasteiger charge is 2.26. The fourth-order valence-electron chi connectivity index (χ4n) is 4.36. The highest BCUT2D eigenvalue weighted by Crippen LogP contribution is 2.25. The number of nitrogens with two attached hydrogens (primary N) is 1. The van der Waals surface area contributed by atoms with Gasteiger partial charge in [-0.3, -0.25) is 18.5 Å². The van der Waals surface area contributed by atoms with Gasteiger partial charge in [0, 0.05) is 38.8 Å². The lowest BCUT2D eigenvalue weighted by molar-refractivity contribution is -0.134. The lowest BCUT2D eigenvalue weighted by atomic mass is 10.1. The number of anilines is 1. The number of hydrogen-bond acceptors (Lipinski definition) is 8. The van der Waals surface area contributed by atoms with E-state index in [4.69, 9.17) is 10.7 Å². The van der Waals surface area contributed by atoms with Crippen molar-refractivity contribution in [2.75, 3.05) is 25.1 Å². The van der Waals surface area contributed by atoms with Crippen molar-refractivity contribution in [2.45, 2.75) is 32.0 Å². The molecule has 3 aromatic rings. The Hall–Kier alpha value is -4.17. The summed E-state index contributed by atoms with van der Waals surface area (Å²) in [5.41, 5.74) is 6.82. The first kappa shape index (κ1) is 24.0. The molecule has 35 heavy (non-hydrogen) atoms. The molecule has 2 aromatic heterocycles. The van der Waals surface area contributed by atoms with Crippen LogP contribution in [0.4, 0.5) is 5.95 Å². The number of hydrogen-bond donors (Lipinski definition) is 1. The molecule has 11 nitrogen and oxygen atoms in total. The van der Waals surface area contributed by atoms with Crippen molar-refractivity contribution in [3.63, 3.8) is 0 Å². The van der Waals surface area contributed by atoms with E-state index in [0.717, 1.165) is 29.0 Å². The summed E-state index contributed by atoms with van der Waals surface area (Å²) in [6, 6.07) is 9.32. The number of carbonyl (C=O) groups is 1. The van der Waals surface area contributed by atoms with Crippen molar-refractivity contribution in [3.05, 3.63) is 68.4 Å². The van der Waals surface area contributed by atoms with Crippen molar-refractivity contribution < 1.29 is 9.53 Å². The first-order valence-electron chi connectivity index (χ1n) is 11.3. The highest BCUT2D eigenvalue weighted by atomic mass is 16.5. The standard InChI is InChI=1S/C24H27N7O4/c1-28-21-20(22(33)30(24(28)34)12-6-10-19(32)35-2)31(14-17-8-4-3-7-16(17)13-25)23(27-21)29-11-5-9-18(26)15-29/h3-4,6-8,10,18H,5,9,11-12,14-15,26H2,1-2H3. The number of aromatic nitrogens is 4. The Kier molecular flexibility index (Phi) is 6.84. The van der Waals surface area contributed by atoms with Crippen LogP contribution in [-0.2, 0) is 29.7 Å². The van der Waals surface area contributed by atoms with Crippen molar-refractivity contribution in [2.24, 2.45) is 12.8 Å². The van der Waals surface area contributed by atoms with Crippen LogP contribution in [0.2, 0.25) is 0 Å². The number of carbonyl (C=O) groups excluding carboxylic acids is 1. The largest absolute Gasteiger partial charge is 0.466 e. The van der Waals surface area contributed by atoms with Crippen LogP contribution in [0.1, 0.15) is 24.0 Å². The molecule has 0 aliphatic carbocycles. The van der Waals surface area contributed by atoms with Crippen LogP contribution in [-0.4, -0.2) is 50.9 Å².